The first-order chi connectivity index (χ1) is 16.4. The van der Waals surface area contributed by atoms with Crippen molar-refractivity contribution in [3.8, 4) is 0 Å². The van der Waals surface area contributed by atoms with Crippen LogP contribution >= 0.6 is 0 Å². The lowest BCUT2D eigenvalue weighted by atomic mass is 9.72. The van der Waals surface area contributed by atoms with Gasteiger partial charge in [-0.05, 0) is 90.9 Å². The number of rotatable bonds is 7. The van der Waals surface area contributed by atoms with Gasteiger partial charge in [0, 0.05) is 11.8 Å². The molecule has 5 aliphatic carbocycles. The van der Waals surface area contributed by atoms with E-state index in [2.05, 4.69) is 94.2 Å². The van der Waals surface area contributed by atoms with Crippen LogP contribution in [0.3, 0.4) is 0 Å². The van der Waals surface area contributed by atoms with Gasteiger partial charge in [0.2, 0.25) is 0 Å². The molecule has 34 heavy (non-hydrogen) atoms. The smallest absolute Gasteiger partial charge is 0.0266 e. The van der Waals surface area contributed by atoms with E-state index in [9.17, 15) is 0 Å². The molecule has 5 rings (SSSR count). The van der Waals surface area contributed by atoms with Gasteiger partial charge in [-0.1, -0.05) is 105 Å². The van der Waals surface area contributed by atoms with Crippen LogP contribution in [0.4, 0.5) is 0 Å². The fourth-order valence-corrected chi connectivity index (χ4v) is 6.32. The fraction of sp³-hybridized carbons (Fsp3) is 0.471. The van der Waals surface area contributed by atoms with Crippen molar-refractivity contribution in [1.82, 2.24) is 0 Å². The summed E-state index contributed by atoms with van der Waals surface area (Å²) in [5.41, 5.74) is 9.20. The van der Waals surface area contributed by atoms with Crippen molar-refractivity contribution in [3.05, 3.63) is 107 Å². The lowest BCUT2D eigenvalue weighted by Crippen LogP contribution is -2.21. The van der Waals surface area contributed by atoms with Gasteiger partial charge in [-0.3, -0.25) is 0 Å². The first kappa shape index (κ1) is 23.4. The lowest BCUT2D eigenvalue weighted by molar-refractivity contribution is 0.185. The van der Waals surface area contributed by atoms with Gasteiger partial charge in [0.15, 0.2) is 0 Å². The molecule has 0 amide bonds. The van der Waals surface area contributed by atoms with Crippen molar-refractivity contribution in [2.45, 2.75) is 72.1 Å². The molecule has 0 aromatic carbocycles. The summed E-state index contributed by atoms with van der Waals surface area (Å²) in [5.74, 6) is 2.37. The van der Waals surface area contributed by atoms with E-state index >= 15 is 0 Å². The Morgan fingerprint density at radius 3 is 2.53 bits per heavy atom. The number of hydrogen-bond acceptors (Lipinski definition) is 0. The topological polar surface area (TPSA) is 0 Å². The monoisotopic (exact) mass is 450 g/mol. The van der Waals surface area contributed by atoms with E-state index in [0.717, 1.165) is 12.3 Å². The Morgan fingerprint density at radius 2 is 1.71 bits per heavy atom. The van der Waals surface area contributed by atoms with E-state index < -0.39 is 0 Å². The second kappa shape index (κ2) is 9.73. The van der Waals surface area contributed by atoms with Gasteiger partial charge in [-0.15, -0.1) is 0 Å². The summed E-state index contributed by atoms with van der Waals surface area (Å²) in [7, 11) is 0. The molecular weight excluding hydrogens is 408 g/mol. The lowest BCUT2D eigenvalue weighted by Gasteiger charge is -2.34. The molecule has 0 N–H and O–H groups in total. The Balaban J connectivity index is 1.13. The van der Waals surface area contributed by atoms with Gasteiger partial charge in [-0.2, -0.15) is 0 Å². The van der Waals surface area contributed by atoms with E-state index in [1.165, 1.54) is 72.8 Å². The predicted octanol–water partition coefficient (Wildman–Crippen LogP) is 9.54. The molecule has 0 spiro atoms. The Kier molecular flexibility index (Phi) is 6.70. The minimum absolute atomic E-state index is 0.379. The molecule has 1 saturated carbocycles. The zero-order valence-electron chi connectivity index (χ0n) is 21.5. The molecule has 3 unspecified atom stereocenters. The van der Waals surface area contributed by atoms with Gasteiger partial charge in [0.05, 0.1) is 0 Å². The summed E-state index contributed by atoms with van der Waals surface area (Å²) >= 11 is 0. The molecular formula is C34H42. The highest BCUT2D eigenvalue weighted by Gasteiger charge is 2.27. The SMILES string of the molecule is C=C1C=C(C(C)CCC2=CC3C=C(CCC4CCC(C)(C)CC4)C=CC3=C2)C=C2C=CC=CC12. The average Bonchev–Trinajstić information content (AvgIpc) is 3.24. The summed E-state index contributed by atoms with van der Waals surface area (Å²) in [6.07, 6.45) is 36.4. The maximum atomic E-state index is 4.34. The minimum atomic E-state index is 0.379. The molecule has 5 aliphatic rings. The Bertz CT molecular complexity index is 1060. The maximum Gasteiger partial charge on any atom is 0.0266 e. The third-order valence-corrected chi connectivity index (χ3v) is 8.90. The van der Waals surface area contributed by atoms with Gasteiger partial charge in [-0.25, -0.2) is 0 Å². The second-order valence-corrected chi connectivity index (χ2v) is 12.2. The van der Waals surface area contributed by atoms with Crippen LogP contribution in [0.1, 0.15) is 72.1 Å². The minimum Gasteiger partial charge on any atom is -0.0949 e. The van der Waals surface area contributed by atoms with Crippen molar-refractivity contribution in [3.63, 3.8) is 0 Å². The van der Waals surface area contributed by atoms with Crippen LogP contribution in [0.5, 0.6) is 0 Å². The summed E-state index contributed by atoms with van der Waals surface area (Å²) in [6, 6.07) is 0. The third kappa shape index (κ3) is 5.32. The second-order valence-electron chi connectivity index (χ2n) is 12.2. The summed E-state index contributed by atoms with van der Waals surface area (Å²) in [4.78, 5) is 0. The molecule has 1 fully saturated rings. The van der Waals surface area contributed by atoms with Crippen molar-refractivity contribution in [2.75, 3.05) is 0 Å². The molecule has 0 bridgehead atoms. The number of allylic oxidation sites excluding steroid dienone is 17. The zero-order chi connectivity index (χ0) is 23.7. The van der Waals surface area contributed by atoms with E-state index in [4.69, 9.17) is 0 Å². The van der Waals surface area contributed by atoms with Gasteiger partial charge < -0.3 is 0 Å². The summed E-state index contributed by atoms with van der Waals surface area (Å²) in [6.45, 7) is 11.6. The highest BCUT2D eigenvalue weighted by Crippen LogP contribution is 2.41. The van der Waals surface area contributed by atoms with Crippen LogP contribution in [-0.2, 0) is 0 Å². The fourth-order valence-electron chi connectivity index (χ4n) is 6.32. The largest absolute Gasteiger partial charge is 0.0949 e. The molecule has 0 radical (unpaired) electrons. The molecule has 0 aromatic heterocycles. The summed E-state index contributed by atoms with van der Waals surface area (Å²) in [5, 5.41) is 0. The Morgan fingerprint density at radius 1 is 0.912 bits per heavy atom. The average molecular weight is 451 g/mol. The molecule has 0 saturated heterocycles. The van der Waals surface area contributed by atoms with Crippen LogP contribution in [0.25, 0.3) is 0 Å². The van der Waals surface area contributed by atoms with Crippen molar-refractivity contribution in [1.29, 1.82) is 0 Å². The zero-order valence-corrected chi connectivity index (χ0v) is 21.5. The van der Waals surface area contributed by atoms with Crippen LogP contribution in [-0.4, -0.2) is 0 Å². The van der Waals surface area contributed by atoms with Crippen LogP contribution in [0.15, 0.2) is 107 Å². The molecule has 178 valence electrons. The van der Waals surface area contributed by atoms with Crippen LogP contribution in [0.2, 0.25) is 0 Å². The first-order valence-electron chi connectivity index (χ1n) is 13.6. The molecule has 0 heterocycles. The van der Waals surface area contributed by atoms with Gasteiger partial charge >= 0.3 is 0 Å². The van der Waals surface area contributed by atoms with Crippen molar-refractivity contribution < 1.29 is 0 Å². The molecule has 0 nitrogen and oxygen atoms in total. The van der Waals surface area contributed by atoms with E-state index in [0.29, 0.717) is 23.2 Å². The maximum absolute atomic E-state index is 4.34. The van der Waals surface area contributed by atoms with E-state index in [1.807, 2.05) is 0 Å². The molecule has 0 heteroatoms. The van der Waals surface area contributed by atoms with Crippen molar-refractivity contribution >= 4 is 0 Å². The quantitative estimate of drug-likeness (QED) is 0.362. The summed E-state index contributed by atoms with van der Waals surface area (Å²) < 4.78 is 0. The molecule has 0 aliphatic heterocycles. The number of hydrogen-bond donors (Lipinski definition) is 0. The first-order valence-corrected chi connectivity index (χ1v) is 13.6. The standard InChI is InChI=1S/C34H42/c1-24(31-19-25(2)33-8-6-5-7-30(33)23-31)9-10-28-21-29-14-13-27(20-32(29)22-28)12-11-26-15-17-34(3,4)18-16-26/h5-8,13-14,19-24,26,32-33H,2,9-12,15-18H2,1,3-4H3. The van der Waals surface area contributed by atoms with Crippen molar-refractivity contribution in [2.24, 2.45) is 29.1 Å². The van der Waals surface area contributed by atoms with E-state index in [1.54, 1.807) is 5.57 Å². The highest BCUT2D eigenvalue weighted by atomic mass is 14.3. The molecule has 3 atom stereocenters. The van der Waals surface area contributed by atoms with Gasteiger partial charge in [0.25, 0.3) is 0 Å². The van der Waals surface area contributed by atoms with Crippen LogP contribution < -0.4 is 0 Å². The Hall–Kier alpha value is -2.34. The normalized spacial score (nSPS) is 28.4. The van der Waals surface area contributed by atoms with Crippen LogP contribution in [0, 0.1) is 29.1 Å². The predicted molar refractivity (Wildman–Crippen MR) is 147 cm³/mol. The number of fused-ring (bicyclic) bond motifs is 2. The Labute approximate surface area is 208 Å². The van der Waals surface area contributed by atoms with Gasteiger partial charge in [0.1, 0.15) is 0 Å². The third-order valence-electron chi connectivity index (χ3n) is 8.90. The highest BCUT2D eigenvalue weighted by molar-refractivity contribution is 5.52. The molecule has 0 aromatic rings. The van der Waals surface area contributed by atoms with E-state index in [-0.39, 0.29) is 0 Å².